The van der Waals surface area contributed by atoms with Crippen molar-refractivity contribution in [1.29, 1.82) is 0 Å². The summed E-state index contributed by atoms with van der Waals surface area (Å²) in [4.78, 5) is 16.2. The predicted octanol–water partition coefficient (Wildman–Crippen LogP) is 3.79. The van der Waals surface area contributed by atoms with Gasteiger partial charge in [-0.1, -0.05) is 23.5 Å². The summed E-state index contributed by atoms with van der Waals surface area (Å²) in [5, 5.41) is 11.3. The third-order valence-corrected chi connectivity index (χ3v) is 8.34. The van der Waals surface area contributed by atoms with Crippen LogP contribution in [0.15, 0.2) is 34.1 Å². The lowest BCUT2D eigenvalue weighted by Crippen LogP contribution is -2.33. The fourth-order valence-electron chi connectivity index (χ4n) is 4.90. The number of rotatable bonds is 1. The second-order valence-corrected chi connectivity index (χ2v) is 8.97. The van der Waals surface area contributed by atoms with Crippen LogP contribution in [0.4, 0.5) is 0 Å². The molecule has 3 nitrogen and oxygen atoms in total. The molecule has 2 N–H and O–H groups in total. The smallest absolute Gasteiger partial charge is 0.305 e. The van der Waals surface area contributed by atoms with Crippen molar-refractivity contribution in [3.63, 3.8) is 0 Å². The highest BCUT2D eigenvalue weighted by molar-refractivity contribution is 8.00. The van der Waals surface area contributed by atoms with Crippen LogP contribution in [0.5, 0.6) is 5.75 Å². The summed E-state index contributed by atoms with van der Waals surface area (Å²) in [6.07, 6.45) is 4.05. The van der Waals surface area contributed by atoms with Gasteiger partial charge in [-0.2, -0.15) is 0 Å². The second-order valence-electron chi connectivity index (χ2n) is 6.77. The van der Waals surface area contributed by atoms with Gasteiger partial charge in [-0.05, 0) is 54.7 Å². The first-order valence-electron chi connectivity index (χ1n) is 7.89. The van der Waals surface area contributed by atoms with Crippen LogP contribution < -0.4 is 4.87 Å². The highest BCUT2D eigenvalue weighted by Gasteiger charge is 2.54. The van der Waals surface area contributed by atoms with E-state index in [1.165, 1.54) is 41.0 Å². The Morgan fingerprint density at radius 1 is 1.14 bits per heavy atom. The molecule has 2 aliphatic carbocycles. The predicted molar refractivity (Wildman–Crippen MR) is 88.9 cm³/mol. The van der Waals surface area contributed by atoms with Crippen LogP contribution in [-0.2, 0) is 0 Å². The van der Waals surface area contributed by atoms with Gasteiger partial charge in [-0.15, -0.1) is 11.8 Å². The first kappa shape index (κ1) is 13.3. The van der Waals surface area contributed by atoms with Crippen molar-refractivity contribution < 1.29 is 5.11 Å². The number of phenolic OH excluding ortho intramolecular Hbond substituents is 1. The summed E-state index contributed by atoms with van der Waals surface area (Å²) in [6, 6.07) is 7.61. The number of fused-ring (bicyclic) bond motifs is 6. The molecule has 5 heteroatoms. The van der Waals surface area contributed by atoms with Gasteiger partial charge in [0.1, 0.15) is 5.75 Å². The van der Waals surface area contributed by atoms with Crippen LogP contribution in [0, 0.1) is 17.8 Å². The zero-order valence-electron chi connectivity index (χ0n) is 12.0. The molecule has 1 aromatic carbocycles. The summed E-state index contributed by atoms with van der Waals surface area (Å²) < 4.78 is 0. The number of benzene rings is 1. The second kappa shape index (κ2) is 4.65. The molecule has 1 aliphatic heterocycles. The van der Waals surface area contributed by atoms with E-state index in [0.29, 0.717) is 22.8 Å². The van der Waals surface area contributed by atoms with Crippen LogP contribution in [0.25, 0.3) is 0 Å². The fourth-order valence-corrected chi connectivity index (χ4v) is 7.80. The number of hydrogen-bond acceptors (Lipinski definition) is 4. The van der Waals surface area contributed by atoms with E-state index in [2.05, 4.69) is 4.98 Å². The monoisotopic (exact) mass is 331 g/mol. The van der Waals surface area contributed by atoms with E-state index in [-0.39, 0.29) is 4.87 Å². The van der Waals surface area contributed by atoms with E-state index in [0.717, 1.165) is 16.9 Å². The van der Waals surface area contributed by atoms with E-state index in [1.807, 2.05) is 23.9 Å². The third-order valence-electron chi connectivity index (χ3n) is 5.72. The van der Waals surface area contributed by atoms with Gasteiger partial charge in [-0.3, -0.25) is 4.79 Å². The normalized spacial score (nSPS) is 35.4. The van der Waals surface area contributed by atoms with Crippen molar-refractivity contribution in [3.05, 3.63) is 44.4 Å². The van der Waals surface area contributed by atoms with E-state index in [4.69, 9.17) is 0 Å². The number of H-pyrrole nitrogens is 1. The zero-order valence-corrected chi connectivity index (χ0v) is 13.6. The molecule has 114 valence electrons. The number of hydrogen-bond donors (Lipinski definition) is 2. The first-order valence-corrected chi connectivity index (χ1v) is 9.59. The Morgan fingerprint density at radius 2 is 1.91 bits per heavy atom. The molecule has 3 aliphatic rings. The van der Waals surface area contributed by atoms with Crippen molar-refractivity contribution >= 4 is 23.1 Å². The van der Waals surface area contributed by atoms with Gasteiger partial charge in [0, 0.05) is 16.0 Å². The van der Waals surface area contributed by atoms with Gasteiger partial charge < -0.3 is 10.1 Å². The molecule has 5 rings (SSSR count). The van der Waals surface area contributed by atoms with E-state index in [9.17, 15) is 9.90 Å². The number of nitrogens with one attached hydrogen (secondary N) is 1. The van der Waals surface area contributed by atoms with Crippen LogP contribution in [0.2, 0.25) is 0 Å². The largest absolute Gasteiger partial charge is 0.508 e. The maximum Gasteiger partial charge on any atom is 0.305 e. The van der Waals surface area contributed by atoms with Gasteiger partial charge in [0.05, 0.1) is 5.03 Å². The molecule has 2 bridgehead atoms. The molecule has 0 amide bonds. The Kier molecular flexibility index (Phi) is 2.80. The van der Waals surface area contributed by atoms with Gasteiger partial charge in [0.15, 0.2) is 0 Å². The third kappa shape index (κ3) is 1.78. The summed E-state index contributed by atoms with van der Waals surface area (Å²) in [5.74, 6) is 2.89. The molecule has 22 heavy (non-hydrogen) atoms. The molecule has 0 spiro atoms. The lowest BCUT2D eigenvalue weighted by atomic mass is 9.75. The number of thiazole rings is 1. The molecule has 0 saturated heterocycles. The zero-order chi connectivity index (χ0) is 14.8. The maximum atomic E-state index is 11.9. The standard InChI is InChI=1S/C17H17NO2S2/c19-11-5-3-8(4-6-11)12-13-9-1-2-10(7-9)14(13)21-16-15(12)22-17(20)18-16/h3-6,9-10,12-14,19H,1-2,7H2,(H,18,20)/t9?,10?,12-,13?,14?/m1/s1. The number of thioether (sulfide) groups is 1. The van der Waals surface area contributed by atoms with E-state index >= 15 is 0 Å². The van der Waals surface area contributed by atoms with Crippen molar-refractivity contribution in [2.24, 2.45) is 17.8 Å². The molecule has 2 fully saturated rings. The Morgan fingerprint density at radius 3 is 2.73 bits per heavy atom. The number of aromatic hydroxyl groups is 1. The maximum absolute atomic E-state index is 11.9. The van der Waals surface area contributed by atoms with Gasteiger partial charge in [-0.25, -0.2) is 0 Å². The average Bonchev–Trinajstić information content (AvgIpc) is 3.19. The molecular formula is C17H17NO2S2. The Balaban J connectivity index is 1.68. The molecule has 4 unspecified atom stereocenters. The van der Waals surface area contributed by atoms with E-state index < -0.39 is 0 Å². The molecule has 2 heterocycles. The number of phenols is 1. The Labute approximate surface area is 136 Å². The lowest BCUT2D eigenvalue weighted by Gasteiger charge is -2.40. The van der Waals surface area contributed by atoms with Gasteiger partial charge >= 0.3 is 4.87 Å². The van der Waals surface area contributed by atoms with Crippen molar-refractivity contribution in [2.45, 2.75) is 35.5 Å². The minimum absolute atomic E-state index is 0.0635. The Bertz CT molecular complexity index is 779. The minimum Gasteiger partial charge on any atom is -0.508 e. The molecule has 0 radical (unpaired) electrons. The number of aromatic nitrogens is 1. The summed E-state index contributed by atoms with van der Waals surface area (Å²) >= 11 is 3.30. The van der Waals surface area contributed by atoms with E-state index in [1.54, 1.807) is 12.1 Å². The van der Waals surface area contributed by atoms with Crippen molar-refractivity contribution in [1.82, 2.24) is 4.98 Å². The fraction of sp³-hybridized carbons (Fsp3) is 0.471. The topological polar surface area (TPSA) is 53.1 Å². The average molecular weight is 331 g/mol. The van der Waals surface area contributed by atoms with Crippen LogP contribution in [0.3, 0.4) is 0 Å². The summed E-state index contributed by atoms with van der Waals surface area (Å²) in [6.45, 7) is 0. The first-order chi connectivity index (χ1) is 10.7. The van der Waals surface area contributed by atoms with Crippen LogP contribution in [-0.4, -0.2) is 15.3 Å². The van der Waals surface area contributed by atoms with Crippen molar-refractivity contribution in [3.8, 4) is 5.75 Å². The molecule has 5 atom stereocenters. The summed E-state index contributed by atoms with van der Waals surface area (Å²) in [7, 11) is 0. The minimum atomic E-state index is 0.0635. The SMILES string of the molecule is O=c1[nH]c2c(s1)[C@H](c1ccc(O)cc1)C1C3CCC(C3)C1S2. The molecular weight excluding hydrogens is 314 g/mol. The molecule has 1 aromatic heterocycles. The van der Waals surface area contributed by atoms with Gasteiger partial charge in [0.2, 0.25) is 0 Å². The Hall–Kier alpha value is -1.20. The molecule has 2 saturated carbocycles. The number of aromatic amines is 1. The van der Waals surface area contributed by atoms with Gasteiger partial charge in [0.25, 0.3) is 0 Å². The molecule has 2 aromatic rings. The highest BCUT2D eigenvalue weighted by Crippen LogP contribution is 2.63. The highest BCUT2D eigenvalue weighted by atomic mass is 32.2. The van der Waals surface area contributed by atoms with Crippen LogP contribution >= 0.6 is 23.1 Å². The van der Waals surface area contributed by atoms with Crippen LogP contribution in [0.1, 0.15) is 35.6 Å². The summed E-state index contributed by atoms with van der Waals surface area (Å²) in [5.41, 5.74) is 1.25. The lowest BCUT2D eigenvalue weighted by molar-refractivity contribution is 0.307. The van der Waals surface area contributed by atoms with Crippen molar-refractivity contribution in [2.75, 3.05) is 0 Å². The quantitative estimate of drug-likeness (QED) is 0.836.